The highest BCUT2D eigenvalue weighted by Crippen LogP contribution is 2.43. The number of allylic oxidation sites excluding steroid dienone is 1. The highest BCUT2D eigenvalue weighted by atomic mass is 16.5. The van der Waals surface area contributed by atoms with E-state index in [1.807, 2.05) is 49.4 Å². The Morgan fingerprint density at radius 2 is 1.75 bits per heavy atom. The molecule has 1 aromatic heterocycles. The van der Waals surface area contributed by atoms with Gasteiger partial charge in [0.1, 0.15) is 28.9 Å². The second-order valence-electron chi connectivity index (χ2n) is 7.43. The number of methoxy groups -OCH3 is 2. The molecule has 2 heterocycles. The van der Waals surface area contributed by atoms with Gasteiger partial charge in [-0.2, -0.15) is 5.26 Å². The van der Waals surface area contributed by atoms with Crippen molar-refractivity contribution >= 4 is 0 Å². The van der Waals surface area contributed by atoms with Crippen LogP contribution >= 0.6 is 0 Å². The van der Waals surface area contributed by atoms with Gasteiger partial charge >= 0.3 is 0 Å². The number of fused-ring (bicyclic) bond motifs is 1. The predicted octanol–water partition coefficient (Wildman–Crippen LogP) is 3.44. The van der Waals surface area contributed by atoms with Crippen molar-refractivity contribution in [3.63, 3.8) is 0 Å². The first-order valence-electron chi connectivity index (χ1n) is 10.1. The van der Waals surface area contributed by atoms with E-state index >= 15 is 0 Å². The summed E-state index contributed by atoms with van der Waals surface area (Å²) in [7, 11) is 3.15. The smallest absolute Gasteiger partial charge is 0.259 e. The number of hydrogen-bond acceptors (Lipinski definition) is 6. The summed E-state index contributed by atoms with van der Waals surface area (Å²) in [4.78, 5) is 13.8. The minimum atomic E-state index is -0.711. The second-order valence-corrected chi connectivity index (χ2v) is 7.43. The molecule has 162 valence electrons. The third-order valence-electron chi connectivity index (χ3n) is 5.66. The van der Waals surface area contributed by atoms with Gasteiger partial charge in [-0.15, -0.1) is 0 Å². The number of pyridine rings is 1. The normalized spacial score (nSPS) is 14.9. The SMILES string of the molecule is COc1ccccc1Cn1c(C)cc2c(c1=O)[C@H](c1ccccc1OC)C(C#N)=C(N)O2. The number of hydrogen-bond donors (Lipinski definition) is 1. The average Bonchev–Trinajstić information content (AvgIpc) is 2.81. The topological polar surface area (TPSA) is 99.5 Å². The van der Waals surface area contributed by atoms with Crippen molar-refractivity contribution in [1.82, 2.24) is 4.57 Å². The summed E-state index contributed by atoms with van der Waals surface area (Å²) in [6.45, 7) is 2.14. The molecule has 2 N–H and O–H groups in total. The minimum Gasteiger partial charge on any atom is -0.496 e. The molecule has 4 rings (SSSR count). The minimum absolute atomic E-state index is 0.0165. The van der Waals surface area contributed by atoms with Gasteiger partial charge < -0.3 is 24.5 Å². The Kier molecular flexibility index (Phi) is 5.61. The molecular formula is C25H23N3O4. The largest absolute Gasteiger partial charge is 0.496 e. The summed E-state index contributed by atoms with van der Waals surface area (Å²) < 4.78 is 18.4. The number of aromatic nitrogens is 1. The van der Waals surface area contributed by atoms with E-state index in [1.54, 1.807) is 30.9 Å². The number of para-hydroxylation sites is 2. The van der Waals surface area contributed by atoms with Crippen molar-refractivity contribution in [3.05, 3.63) is 98.8 Å². The van der Waals surface area contributed by atoms with E-state index in [1.165, 1.54) is 0 Å². The third kappa shape index (κ3) is 3.46. The zero-order valence-corrected chi connectivity index (χ0v) is 18.1. The molecule has 0 unspecified atom stereocenters. The molecule has 0 saturated carbocycles. The molecule has 1 atom stereocenters. The van der Waals surface area contributed by atoms with Crippen molar-refractivity contribution < 1.29 is 14.2 Å². The van der Waals surface area contributed by atoms with Gasteiger partial charge in [-0.1, -0.05) is 36.4 Å². The molecule has 32 heavy (non-hydrogen) atoms. The summed E-state index contributed by atoms with van der Waals surface area (Å²) >= 11 is 0. The summed E-state index contributed by atoms with van der Waals surface area (Å²) in [5.41, 5.74) is 8.58. The van der Waals surface area contributed by atoms with Crippen molar-refractivity contribution in [2.75, 3.05) is 14.2 Å². The lowest BCUT2D eigenvalue weighted by atomic mass is 9.83. The molecule has 1 aliphatic heterocycles. The van der Waals surface area contributed by atoms with E-state index < -0.39 is 5.92 Å². The predicted molar refractivity (Wildman–Crippen MR) is 120 cm³/mol. The van der Waals surface area contributed by atoms with Crippen LogP contribution in [-0.2, 0) is 6.54 Å². The summed E-state index contributed by atoms with van der Waals surface area (Å²) in [6.07, 6.45) is 0. The van der Waals surface area contributed by atoms with E-state index in [0.29, 0.717) is 40.6 Å². The molecular weight excluding hydrogens is 406 g/mol. The van der Waals surface area contributed by atoms with Crippen LogP contribution in [-0.4, -0.2) is 18.8 Å². The number of ether oxygens (including phenoxy) is 3. The van der Waals surface area contributed by atoms with Crippen LogP contribution in [0.1, 0.15) is 28.3 Å². The Morgan fingerprint density at radius 3 is 2.44 bits per heavy atom. The molecule has 0 bridgehead atoms. The molecule has 0 radical (unpaired) electrons. The molecule has 0 aliphatic carbocycles. The Balaban J connectivity index is 1.95. The third-order valence-corrected chi connectivity index (χ3v) is 5.66. The van der Waals surface area contributed by atoms with Gasteiger partial charge in [-0.25, -0.2) is 0 Å². The van der Waals surface area contributed by atoms with Gasteiger partial charge in [0.05, 0.1) is 32.2 Å². The second kappa shape index (κ2) is 8.52. The van der Waals surface area contributed by atoms with Gasteiger partial charge in [-0.05, 0) is 19.1 Å². The first-order valence-corrected chi connectivity index (χ1v) is 10.1. The first kappa shape index (κ1) is 21.1. The highest BCUT2D eigenvalue weighted by Gasteiger charge is 2.35. The van der Waals surface area contributed by atoms with Crippen LogP contribution in [0.15, 0.2) is 70.8 Å². The maximum absolute atomic E-state index is 13.8. The number of benzene rings is 2. The van der Waals surface area contributed by atoms with Crippen LogP contribution < -0.4 is 25.5 Å². The van der Waals surface area contributed by atoms with Crippen LogP contribution in [0.4, 0.5) is 0 Å². The van der Waals surface area contributed by atoms with Crippen molar-refractivity contribution in [2.45, 2.75) is 19.4 Å². The van der Waals surface area contributed by atoms with E-state index in [4.69, 9.17) is 19.9 Å². The van der Waals surface area contributed by atoms with E-state index in [-0.39, 0.29) is 17.0 Å². The molecule has 1 aliphatic rings. The standard InChI is InChI=1S/C25H23N3O4/c1-15-12-21-23(25(29)28(15)14-16-8-4-6-10-19(16)30-2)22(18(13-26)24(27)32-21)17-9-5-7-11-20(17)31-3/h4-12,22H,14,27H2,1-3H3/t22-/m1/s1. The molecule has 0 saturated heterocycles. The van der Waals surface area contributed by atoms with Gasteiger partial charge in [-0.3, -0.25) is 4.79 Å². The number of rotatable bonds is 5. The summed E-state index contributed by atoms with van der Waals surface area (Å²) in [6, 6.07) is 18.7. The number of nitriles is 1. The van der Waals surface area contributed by atoms with E-state index in [0.717, 1.165) is 5.56 Å². The molecule has 3 aromatic rings. The van der Waals surface area contributed by atoms with Crippen molar-refractivity contribution in [2.24, 2.45) is 5.73 Å². The molecule has 0 spiro atoms. The van der Waals surface area contributed by atoms with Crippen LogP contribution in [0.5, 0.6) is 17.2 Å². The number of nitrogens with two attached hydrogens (primary N) is 1. The lowest BCUT2D eigenvalue weighted by molar-refractivity contribution is 0.382. The summed E-state index contributed by atoms with van der Waals surface area (Å²) in [5, 5.41) is 9.87. The molecule has 7 nitrogen and oxygen atoms in total. The van der Waals surface area contributed by atoms with Crippen LogP contribution in [0.25, 0.3) is 0 Å². The van der Waals surface area contributed by atoms with Gasteiger partial charge in [0.25, 0.3) is 5.56 Å². The Morgan fingerprint density at radius 1 is 1.09 bits per heavy atom. The molecule has 7 heteroatoms. The maximum Gasteiger partial charge on any atom is 0.259 e. The highest BCUT2D eigenvalue weighted by molar-refractivity contribution is 5.58. The Hall–Kier alpha value is -4.18. The molecule has 0 amide bonds. The first-order chi connectivity index (χ1) is 15.5. The van der Waals surface area contributed by atoms with E-state index in [2.05, 4.69) is 6.07 Å². The maximum atomic E-state index is 13.8. The summed E-state index contributed by atoms with van der Waals surface area (Å²) in [5.74, 6) is 0.864. The number of nitrogens with zero attached hydrogens (tertiary/aromatic N) is 2. The molecule has 0 fully saturated rings. The van der Waals surface area contributed by atoms with E-state index in [9.17, 15) is 10.1 Å². The van der Waals surface area contributed by atoms with Crippen LogP contribution in [0, 0.1) is 18.3 Å². The fraction of sp³-hybridized carbons (Fsp3) is 0.200. The molecule has 2 aromatic carbocycles. The fourth-order valence-corrected chi connectivity index (χ4v) is 4.10. The van der Waals surface area contributed by atoms with Crippen molar-refractivity contribution in [1.29, 1.82) is 5.26 Å². The monoisotopic (exact) mass is 429 g/mol. The Bertz CT molecular complexity index is 1320. The van der Waals surface area contributed by atoms with Crippen LogP contribution in [0.3, 0.4) is 0 Å². The number of aryl methyl sites for hydroxylation is 1. The zero-order chi connectivity index (χ0) is 22.8. The van der Waals surface area contributed by atoms with Gasteiger partial charge in [0.2, 0.25) is 5.88 Å². The zero-order valence-electron chi connectivity index (χ0n) is 18.1. The lowest BCUT2D eigenvalue weighted by Gasteiger charge is -2.28. The fourth-order valence-electron chi connectivity index (χ4n) is 4.10. The average molecular weight is 429 g/mol. The van der Waals surface area contributed by atoms with Gasteiger partial charge in [0, 0.05) is 22.9 Å². The Labute approximate surface area is 185 Å². The quantitative estimate of drug-likeness (QED) is 0.667. The van der Waals surface area contributed by atoms with Crippen molar-refractivity contribution in [3.8, 4) is 23.3 Å². The van der Waals surface area contributed by atoms with Gasteiger partial charge in [0.15, 0.2) is 0 Å². The van der Waals surface area contributed by atoms with Crippen LogP contribution in [0.2, 0.25) is 0 Å². The lowest BCUT2D eigenvalue weighted by Crippen LogP contribution is -2.33.